The lowest BCUT2D eigenvalue weighted by Gasteiger charge is -2.31. The fraction of sp³-hybridized carbons (Fsp3) is 0.615. The van der Waals surface area contributed by atoms with Crippen molar-refractivity contribution in [2.45, 2.75) is 45.5 Å². The number of ether oxygens (including phenoxy) is 1. The van der Waals surface area contributed by atoms with Gasteiger partial charge in [-0.25, -0.2) is 4.79 Å². The summed E-state index contributed by atoms with van der Waals surface area (Å²) < 4.78 is 48.6. The topological polar surface area (TPSA) is 51.5 Å². The first-order valence-corrected chi connectivity index (χ1v) is 6.30. The van der Waals surface area contributed by atoms with Crippen LogP contribution < -0.4 is 5.32 Å². The Morgan fingerprint density at radius 3 is 2.55 bits per heavy atom. The van der Waals surface area contributed by atoms with Gasteiger partial charge >= 0.3 is 12.1 Å². The summed E-state index contributed by atoms with van der Waals surface area (Å²) in [5.74, 6) is -0.476. The molecule has 1 heterocycles. The number of halogens is 3. The molecule has 1 aromatic rings. The molecule has 0 aliphatic rings. The Kier molecular flexibility index (Phi) is 5.21. The van der Waals surface area contributed by atoms with E-state index in [1.807, 2.05) is 0 Å². The Balaban J connectivity index is 2.80. The SMILES string of the molecule is CCOC(=O)c1ccoc1CN[C@](C)(CC)C(F)(F)F. The summed E-state index contributed by atoms with van der Waals surface area (Å²) in [6, 6.07) is 1.38. The number of carbonyl (C=O) groups excluding carboxylic acids is 1. The van der Waals surface area contributed by atoms with Crippen LogP contribution in [-0.4, -0.2) is 24.3 Å². The second-order valence-corrected chi connectivity index (χ2v) is 4.51. The van der Waals surface area contributed by atoms with Gasteiger partial charge in [-0.15, -0.1) is 0 Å². The third-order valence-corrected chi connectivity index (χ3v) is 3.21. The molecule has 7 heteroatoms. The molecule has 0 spiro atoms. The van der Waals surface area contributed by atoms with Gasteiger partial charge in [0.1, 0.15) is 16.9 Å². The minimum absolute atomic E-state index is 0.132. The fourth-order valence-corrected chi connectivity index (χ4v) is 1.57. The molecule has 1 N–H and O–H groups in total. The molecule has 1 rings (SSSR count). The lowest BCUT2D eigenvalue weighted by atomic mass is 9.98. The second kappa shape index (κ2) is 6.30. The van der Waals surface area contributed by atoms with Crippen LogP contribution in [0.4, 0.5) is 13.2 Å². The molecule has 0 aliphatic heterocycles. The van der Waals surface area contributed by atoms with E-state index >= 15 is 0 Å². The van der Waals surface area contributed by atoms with Crippen LogP contribution in [0.3, 0.4) is 0 Å². The molecular formula is C13H18F3NO3. The van der Waals surface area contributed by atoms with E-state index in [2.05, 4.69) is 5.32 Å². The molecule has 0 saturated carbocycles. The van der Waals surface area contributed by atoms with E-state index < -0.39 is 17.7 Å². The lowest BCUT2D eigenvalue weighted by molar-refractivity contribution is -0.193. The van der Waals surface area contributed by atoms with Gasteiger partial charge < -0.3 is 9.15 Å². The Bertz CT molecular complexity index is 456. The highest BCUT2D eigenvalue weighted by molar-refractivity contribution is 5.90. The van der Waals surface area contributed by atoms with Crippen molar-refractivity contribution < 1.29 is 27.1 Å². The third-order valence-electron chi connectivity index (χ3n) is 3.21. The highest BCUT2D eigenvalue weighted by Gasteiger charge is 2.49. The van der Waals surface area contributed by atoms with E-state index in [0.717, 1.165) is 6.92 Å². The van der Waals surface area contributed by atoms with Crippen molar-refractivity contribution in [3.8, 4) is 0 Å². The van der Waals surface area contributed by atoms with Gasteiger partial charge in [0.2, 0.25) is 0 Å². The Labute approximate surface area is 115 Å². The quantitative estimate of drug-likeness (QED) is 0.818. The summed E-state index contributed by atoms with van der Waals surface area (Å²) in [5, 5.41) is 2.40. The minimum Gasteiger partial charge on any atom is -0.467 e. The van der Waals surface area contributed by atoms with Gasteiger partial charge in [0.05, 0.1) is 19.4 Å². The molecule has 20 heavy (non-hydrogen) atoms. The molecule has 114 valence electrons. The molecule has 4 nitrogen and oxygen atoms in total. The summed E-state index contributed by atoms with van der Waals surface area (Å²) in [4.78, 5) is 11.6. The van der Waals surface area contributed by atoms with E-state index in [1.165, 1.54) is 19.3 Å². The third kappa shape index (κ3) is 3.53. The smallest absolute Gasteiger partial charge is 0.406 e. The van der Waals surface area contributed by atoms with Crippen molar-refractivity contribution in [3.63, 3.8) is 0 Å². The number of esters is 1. The maximum absolute atomic E-state index is 12.9. The molecule has 1 aromatic heterocycles. The zero-order chi connectivity index (χ0) is 15.4. The molecule has 0 bridgehead atoms. The molecule has 0 unspecified atom stereocenters. The number of hydrogen-bond donors (Lipinski definition) is 1. The number of alkyl halides is 3. The van der Waals surface area contributed by atoms with Crippen LogP contribution in [0.2, 0.25) is 0 Å². The lowest BCUT2D eigenvalue weighted by Crippen LogP contribution is -2.53. The minimum atomic E-state index is -4.39. The summed E-state index contributed by atoms with van der Waals surface area (Å²) >= 11 is 0. The van der Waals surface area contributed by atoms with Crippen LogP contribution in [0.5, 0.6) is 0 Å². The van der Waals surface area contributed by atoms with Gasteiger partial charge in [-0.2, -0.15) is 13.2 Å². The summed E-state index contributed by atoms with van der Waals surface area (Å²) in [6.07, 6.45) is -3.27. The van der Waals surface area contributed by atoms with Crippen LogP contribution in [0.25, 0.3) is 0 Å². The fourth-order valence-electron chi connectivity index (χ4n) is 1.57. The van der Waals surface area contributed by atoms with Crippen molar-refractivity contribution in [1.29, 1.82) is 0 Å². The summed E-state index contributed by atoms with van der Waals surface area (Å²) in [7, 11) is 0. The molecule has 0 amide bonds. The van der Waals surface area contributed by atoms with Crippen molar-refractivity contribution in [2.75, 3.05) is 6.61 Å². The highest BCUT2D eigenvalue weighted by atomic mass is 19.4. The molecule has 0 aromatic carbocycles. The molecule has 1 atom stereocenters. The molecule has 0 radical (unpaired) electrons. The molecule has 0 aliphatic carbocycles. The highest BCUT2D eigenvalue weighted by Crippen LogP contribution is 2.33. The van der Waals surface area contributed by atoms with Crippen LogP contribution in [0.15, 0.2) is 16.7 Å². The average Bonchev–Trinajstić information content (AvgIpc) is 2.83. The number of rotatable bonds is 6. The normalized spacial score (nSPS) is 14.9. The van der Waals surface area contributed by atoms with Gasteiger partial charge in [-0.05, 0) is 26.3 Å². The Morgan fingerprint density at radius 1 is 1.40 bits per heavy atom. The Hall–Kier alpha value is -1.50. The van der Waals surface area contributed by atoms with Gasteiger partial charge in [0.15, 0.2) is 0 Å². The molecular weight excluding hydrogens is 275 g/mol. The predicted molar refractivity (Wildman–Crippen MR) is 66.3 cm³/mol. The van der Waals surface area contributed by atoms with Crippen LogP contribution in [0.1, 0.15) is 43.3 Å². The number of nitrogens with one attached hydrogen (secondary N) is 1. The first-order chi connectivity index (χ1) is 9.25. The molecule has 0 saturated heterocycles. The van der Waals surface area contributed by atoms with Crippen molar-refractivity contribution in [1.82, 2.24) is 5.32 Å². The Morgan fingerprint density at radius 2 is 2.05 bits per heavy atom. The maximum Gasteiger partial charge on any atom is 0.406 e. The van der Waals surface area contributed by atoms with Gasteiger partial charge in [0, 0.05) is 0 Å². The monoisotopic (exact) mass is 293 g/mol. The largest absolute Gasteiger partial charge is 0.467 e. The van der Waals surface area contributed by atoms with Gasteiger partial charge in [0.25, 0.3) is 0 Å². The standard InChI is InChI=1S/C13H18F3NO3/c1-4-12(3,13(14,15)16)17-8-10-9(6-7-20-10)11(18)19-5-2/h6-7,17H,4-5,8H2,1-3H3/t12-/m1/s1. The van der Waals surface area contributed by atoms with Crippen LogP contribution >= 0.6 is 0 Å². The van der Waals surface area contributed by atoms with Crippen molar-refractivity contribution in [2.24, 2.45) is 0 Å². The second-order valence-electron chi connectivity index (χ2n) is 4.51. The summed E-state index contributed by atoms with van der Waals surface area (Å²) in [5.41, 5.74) is -1.90. The van der Waals surface area contributed by atoms with E-state index in [9.17, 15) is 18.0 Å². The number of furan rings is 1. The summed E-state index contributed by atoms with van der Waals surface area (Å²) in [6.45, 7) is 4.14. The predicted octanol–water partition coefficient (Wildman–Crippen LogP) is 3.28. The first kappa shape index (κ1) is 16.6. The number of carbonyl (C=O) groups is 1. The van der Waals surface area contributed by atoms with E-state index in [0.29, 0.717) is 0 Å². The first-order valence-electron chi connectivity index (χ1n) is 6.30. The van der Waals surface area contributed by atoms with E-state index in [1.54, 1.807) is 6.92 Å². The maximum atomic E-state index is 12.9. The number of hydrogen-bond acceptors (Lipinski definition) is 4. The van der Waals surface area contributed by atoms with E-state index in [-0.39, 0.29) is 30.9 Å². The zero-order valence-corrected chi connectivity index (χ0v) is 11.6. The van der Waals surface area contributed by atoms with E-state index in [4.69, 9.17) is 9.15 Å². The van der Waals surface area contributed by atoms with Crippen LogP contribution in [-0.2, 0) is 11.3 Å². The van der Waals surface area contributed by atoms with Crippen molar-refractivity contribution in [3.05, 3.63) is 23.7 Å². The molecule has 0 fully saturated rings. The average molecular weight is 293 g/mol. The van der Waals surface area contributed by atoms with Crippen molar-refractivity contribution >= 4 is 5.97 Å². The van der Waals surface area contributed by atoms with Crippen LogP contribution in [0, 0.1) is 0 Å². The zero-order valence-electron chi connectivity index (χ0n) is 11.6. The van der Waals surface area contributed by atoms with Gasteiger partial charge in [-0.3, -0.25) is 5.32 Å². The van der Waals surface area contributed by atoms with Gasteiger partial charge in [-0.1, -0.05) is 6.92 Å².